The van der Waals surface area contributed by atoms with Crippen LogP contribution in [0.1, 0.15) is 15.9 Å². The summed E-state index contributed by atoms with van der Waals surface area (Å²) < 4.78 is 6.63. The molecule has 0 atom stereocenters. The molecule has 0 aromatic heterocycles. The predicted molar refractivity (Wildman–Crippen MR) is 92.1 cm³/mol. The Labute approximate surface area is 139 Å². The molecule has 0 aliphatic heterocycles. The van der Waals surface area contributed by atoms with Gasteiger partial charge in [0.05, 0.1) is 18.4 Å². The average Bonchev–Trinajstić information content (AvgIpc) is 2.45. The minimum atomic E-state index is -0.451. The summed E-state index contributed by atoms with van der Waals surface area (Å²) in [5.74, 6) is -0.451. The summed E-state index contributed by atoms with van der Waals surface area (Å²) in [5.41, 5.74) is 9.17. The van der Waals surface area contributed by atoms with Gasteiger partial charge in [-0.2, -0.15) is 0 Å². The number of benzene rings is 2. The first-order valence-corrected chi connectivity index (χ1v) is 7.71. The second kappa shape index (κ2) is 6.49. The molecule has 2 aromatic carbocycles. The number of anilines is 3. The van der Waals surface area contributed by atoms with E-state index in [2.05, 4.69) is 37.2 Å². The lowest BCUT2D eigenvalue weighted by Crippen LogP contribution is -2.08. The summed E-state index contributed by atoms with van der Waals surface area (Å²) in [4.78, 5) is 11.8. The maximum Gasteiger partial charge on any atom is 0.340 e. The smallest absolute Gasteiger partial charge is 0.340 e. The number of aryl methyl sites for hydroxylation is 1. The highest BCUT2D eigenvalue weighted by Crippen LogP contribution is 2.31. The summed E-state index contributed by atoms with van der Waals surface area (Å²) in [7, 11) is 1.34. The van der Waals surface area contributed by atoms with E-state index < -0.39 is 5.97 Å². The van der Waals surface area contributed by atoms with Crippen molar-refractivity contribution in [2.24, 2.45) is 0 Å². The topological polar surface area (TPSA) is 64.3 Å². The van der Waals surface area contributed by atoms with Crippen molar-refractivity contribution >= 4 is 54.9 Å². The maximum absolute atomic E-state index is 11.8. The zero-order valence-electron chi connectivity index (χ0n) is 11.5. The molecule has 21 heavy (non-hydrogen) atoms. The summed E-state index contributed by atoms with van der Waals surface area (Å²) in [5, 5.41) is 3.26. The minimum absolute atomic E-state index is 0.353. The van der Waals surface area contributed by atoms with Gasteiger partial charge in [-0.1, -0.05) is 15.9 Å². The van der Waals surface area contributed by atoms with Crippen LogP contribution in [0.5, 0.6) is 0 Å². The highest BCUT2D eigenvalue weighted by molar-refractivity contribution is 9.11. The number of rotatable bonds is 3. The van der Waals surface area contributed by atoms with Crippen molar-refractivity contribution in [1.29, 1.82) is 0 Å². The summed E-state index contributed by atoms with van der Waals surface area (Å²) in [6.45, 7) is 1.85. The fourth-order valence-electron chi connectivity index (χ4n) is 1.90. The molecule has 0 aliphatic carbocycles. The number of ether oxygens (including phenoxy) is 1. The molecule has 0 bridgehead atoms. The zero-order valence-corrected chi connectivity index (χ0v) is 14.7. The molecule has 3 N–H and O–H groups in total. The highest BCUT2D eigenvalue weighted by Gasteiger charge is 2.14. The van der Waals surface area contributed by atoms with Crippen molar-refractivity contribution in [3.8, 4) is 0 Å². The Morgan fingerprint density at radius 3 is 2.62 bits per heavy atom. The minimum Gasteiger partial charge on any atom is -0.465 e. The fourth-order valence-corrected chi connectivity index (χ4v) is 2.60. The van der Waals surface area contributed by atoms with Gasteiger partial charge in [0, 0.05) is 20.3 Å². The van der Waals surface area contributed by atoms with Crippen LogP contribution in [0.2, 0.25) is 0 Å². The molecule has 2 aromatic rings. The Morgan fingerprint density at radius 1 is 1.24 bits per heavy atom. The molecule has 4 nitrogen and oxygen atoms in total. The van der Waals surface area contributed by atoms with Gasteiger partial charge in [-0.15, -0.1) is 0 Å². The molecular weight excluding hydrogens is 400 g/mol. The first kappa shape index (κ1) is 15.9. The van der Waals surface area contributed by atoms with E-state index in [1.807, 2.05) is 31.2 Å². The van der Waals surface area contributed by atoms with E-state index in [4.69, 9.17) is 10.5 Å². The molecule has 0 amide bonds. The van der Waals surface area contributed by atoms with Crippen LogP contribution in [0, 0.1) is 6.92 Å². The third-order valence-electron chi connectivity index (χ3n) is 3.00. The molecule has 110 valence electrons. The number of nitrogen functional groups attached to an aromatic ring is 1. The standard InChI is InChI=1S/C15H14Br2N2O2/c1-8-5-10(7-11(14(8)18)15(20)21-2)19-13-6-9(16)3-4-12(13)17/h3-7,19H,18H2,1-2H3. The van der Waals surface area contributed by atoms with E-state index in [1.54, 1.807) is 6.07 Å². The molecule has 0 saturated heterocycles. The number of nitrogens with two attached hydrogens (primary N) is 1. The van der Waals surface area contributed by atoms with Crippen molar-refractivity contribution in [3.05, 3.63) is 50.4 Å². The van der Waals surface area contributed by atoms with Gasteiger partial charge in [-0.05, 0) is 58.7 Å². The number of carbonyl (C=O) groups is 1. The second-order valence-corrected chi connectivity index (χ2v) is 6.27. The van der Waals surface area contributed by atoms with E-state index in [-0.39, 0.29) is 0 Å². The number of esters is 1. The Kier molecular flexibility index (Phi) is 4.90. The second-order valence-electron chi connectivity index (χ2n) is 4.50. The van der Waals surface area contributed by atoms with E-state index in [0.717, 1.165) is 25.9 Å². The van der Waals surface area contributed by atoms with Gasteiger partial charge in [-0.25, -0.2) is 4.79 Å². The van der Waals surface area contributed by atoms with Gasteiger partial charge in [0.25, 0.3) is 0 Å². The van der Waals surface area contributed by atoms with Crippen molar-refractivity contribution in [2.75, 3.05) is 18.2 Å². The van der Waals surface area contributed by atoms with Gasteiger partial charge < -0.3 is 15.8 Å². The number of halogens is 2. The Hall–Kier alpha value is -1.53. The third-order valence-corrected chi connectivity index (χ3v) is 4.18. The van der Waals surface area contributed by atoms with Crippen LogP contribution in [0.4, 0.5) is 17.1 Å². The third kappa shape index (κ3) is 3.57. The van der Waals surface area contributed by atoms with Crippen molar-refractivity contribution in [1.82, 2.24) is 0 Å². The lowest BCUT2D eigenvalue weighted by Gasteiger charge is -2.13. The van der Waals surface area contributed by atoms with Gasteiger partial charge in [0.2, 0.25) is 0 Å². The number of hydrogen-bond donors (Lipinski definition) is 2. The molecule has 2 rings (SSSR count). The summed E-state index contributed by atoms with van der Waals surface area (Å²) in [6.07, 6.45) is 0. The Bertz CT molecular complexity index is 702. The predicted octanol–water partition coefficient (Wildman–Crippen LogP) is 4.63. The van der Waals surface area contributed by atoms with E-state index >= 15 is 0 Å². The van der Waals surface area contributed by atoms with Gasteiger partial charge >= 0.3 is 5.97 Å². The fraction of sp³-hybridized carbons (Fsp3) is 0.133. The lowest BCUT2D eigenvalue weighted by molar-refractivity contribution is 0.0602. The molecule has 6 heteroatoms. The van der Waals surface area contributed by atoms with Crippen LogP contribution in [0.15, 0.2) is 39.3 Å². The van der Waals surface area contributed by atoms with Crippen LogP contribution in [-0.4, -0.2) is 13.1 Å². The van der Waals surface area contributed by atoms with Gasteiger partial charge in [0.15, 0.2) is 0 Å². The largest absolute Gasteiger partial charge is 0.465 e. The van der Waals surface area contributed by atoms with E-state index in [1.165, 1.54) is 7.11 Å². The number of hydrogen-bond acceptors (Lipinski definition) is 4. The van der Waals surface area contributed by atoms with Crippen LogP contribution in [0.25, 0.3) is 0 Å². The Morgan fingerprint density at radius 2 is 1.95 bits per heavy atom. The molecule has 0 unspecified atom stereocenters. The van der Waals surface area contributed by atoms with Gasteiger partial charge in [0.1, 0.15) is 0 Å². The van der Waals surface area contributed by atoms with Crippen LogP contribution in [-0.2, 0) is 4.74 Å². The first-order chi connectivity index (χ1) is 9.92. The van der Waals surface area contributed by atoms with Gasteiger partial charge in [-0.3, -0.25) is 0 Å². The molecule has 0 fully saturated rings. The quantitative estimate of drug-likeness (QED) is 0.568. The zero-order chi connectivity index (χ0) is 15.6. The Balaban J connectivity index is 2.43. The normalized spacial score (nSPS) is 10.3. The molecule has 0 heterocycles. The summed E-state index contributed by atoms with van der Waals surface area (Å²) >= 11 is 6.91. The summed E-state index contributed by atoms with van der Waals surface area (Å²) in [6, 6.07) is 9.37. The molecular formula is C15H14Br2N2O2. The van der Waals surface area contributed by atoms with E-state index in [9.17, 15) is 4.79 Å². The monoisotopic (exact) mass is 412 g/mol. The maximum atomic E-state index is 11.8. The van der Waals surface area contributed by atoms with Crippen LogP contribution < -0.4 is 11.1 Å². The first-order valence-electron chi connectivity index (χ1n) is 6.13. The number of methoxy groups -OCH3 is 1. The molecule has 0 spiro atoms. The number of carbonyl (C=O) groups excluding carboxylic acids is 1. The van der Waals surface area contributed by atoms with Crippen molar-refractivity contribution in [3.63, 3.8) is 0 Å². The molecule has 0 radical (unpaired) electrons. The van der Waals surface area contributed by atoms with E-state index in [0.29, 0.717) is 11.3 Å². The van der Waals surface area contributed by atoms with Crippen molar-refractivity contribution in [2.45, 2.75) is 6.92 Å². The highest BCUT2D eigenvalue weighted by atomic mass is 79.9. The van der Waals surface area contributed by atoms with Crippen LogP contribution >= 0.6 is 31.9 Å². The van der Waals surface area contributed by atoms with Crippen LogP contribution in [0.3, 0.4) is 0 Å². The van der Waals surface area contributed by atoms with Crippen molar-refractivity contribution < 1.29 is 9.53 Å². The number of nitrogens with one attached hydrogen (secondary N) is 1. The molecule has 0 aliphatic rings. The molecule has 0 saturated carbocycles. The average molecular weight is 414 g/mol. The lowest BCUT2D eigenvalue weighted by atomic mass is 10.1. The SMILES string of the molecule is COC(=O)c1cc(Nc2cc(Br)ccc2Br)cc(C)c1N.